The number of ether oxygens (including phenoxy) is 1. The number of anilines is 3. The van der Waals surface area contributed by atoms with Crippen molar-refractivity contribution in [2.45, 2.75) is 19.0 Å². The first-order valence-electron chi connectivity index (χ1n) is 9.49. The van der Waals surface area contributed by atoms with Crippen LogP contribution in [0.4, 0.5) is 30.4 Å². The fraction of sp³-hybridized carbons (Fsp3) is 0.273. The van der Waals surface area contributed by atoms with E-state index in [1.54, 1.807) is 43.4 Å². The zero-order valence-corrected chi connectivity index (χ0v) is 17.7. The summed E-state index contributed by atoms with van der Waals surface area (Å²) in [4.78, 5) is 18.0. The van der Waals surface area contributed by atoms with E-state index in [-0.39, 0.29) is 29.0 Å². The zero-order chi connectivity index (χ0) is 22.6. The lowest BCUT2D eigenvalue weighted by molar-refractivity contribution is -0.136. The summed E-state index contributed by atoms with van der Waals surface area (Å²) in [6.45, 7) is 0. The molecule has 31 heavy (non-hydrogen) atoms. The second kappa shape index (κ2) is 9.43. The average molecular weight is 452 g/mol. The van der Waals surface area contributed by atoms with Gasteiger partial charge in [-0.3, -0.25) is 4.79 Å². The van der Waals surface area contributed by atoms with E-state index in [9.17, 15) is 18.0 Å². The molecule has 1 amide bonds. The molecule has 1 heterocycles. The standard InChI is InChI=1S/C22H21ClF3N3O2/c1-29(14-9-10-19(31-2)18(12-14)28-21(30)8-5-11-23)20-13-16(22(24,25)26)15-6-3-4-7-17(15)27-20/h3-4,6-7,9-10,12-13H,5,8,11H2,1-2H3,(H,28,30). The van der Waals surface area contributed by atoms with Gasteiger partial charge in [0.1, 0.15) is 11.6 Å². The van der Waals surface area contributed by atoms with Crippen molar-refractivity contribution in [2.75, 3.05) is 30.3 Å². The van der Waals surface area contributed by atoms with Crippen LogP contribution in [0.2, 0.25) is 0 Å². The summed E-state index contributed by atoms with van der Waals surface area (Å²) in [6.07, 6.45) is -3.76. The van der Waals surface area contributed by atoms with E-state index >= 15 is 0 Å². The van der Waals surface area contributed by atoms with E-state index in [1.807, 2.05) is 0 Å². The number of nitrogens with zero attached hydrogens (tertiary/aromatic N) is 2. The van der Waals surface area contributed by atoms with Crippen molar-refractivity contribution < 1.29 is 22.7 Å². The maximum Gasteiger partial charge on any atom is 0.417 e. The predicted octanol–water partition coefficient (Wildman–Crippen LogP) is 5.99. The monoisotopic (exact) mass is 451 g/mol. The summed E-state index contributed by atoms with van der Waals surface area (Å²) < 4.78 is 46.2. The number of carbonyl (C=O) groups excluding carboxylic acids is 1. The SMILES string of the molecule is COc1ccc(N(C)c2cc(C(F)(F)F)c3ccccc3n2)cc1NC(=O)CCCCl. The molecule has 0 saturated carbocycles. The smallest absolute Gasteiger partial charge is 0.417 e. The molecule has 1 N–H and O–H groups in total. The Balaban J connectivity index is 2.01. The van der Waals surface area contributed by atoms with Gasteiger partial charge in [0.05, 0.1) is 23.9 Å². The molecule has 0 saturated heterocycles. The Kier molecular flexibility index (Phi) is 6.90. The van der Waals surface area contributed by atoms with Gasteiger partial charge in [-0.1, -0.05) is 18.2 Å². The van der Waals surface area contributed by atoms with Crippen molar-refractivity contribution >= 4 is 45.6 Å². The summed E-state index contributed by atoms with van der Waals surface area (Å²) in [7, 11) is 3.08. The topological polar surface area (TPSA) is 54.5 Å². The zero-order valence-electron chi connectivity index (χ0n) is 17.0. The van der Waals surface area contributed by atoms with Crippen molar-refractivity contribution in [3.63, 3.8) is 0 Å². The lowest BCUT2D eigenvalue weighted by atomic mass is 10.1. The Morgan fingerprint density at radius 3 is 2.61 bits per heavy atom. The average Bonchev–Trinajstić information content (AvgIpc) is 2.75. The number of fused-ring (bicyclic) bond motifs is 1. The molecule has 0 aliphatic carbocycles. The maximum atomic E-state index is 13.7. The molecule has 0 aliphatic rings. The molecule has 0 unspecified atom stereocenters. The molecule has 164 valence electrons. The minimum atomic E-state index is -4.53. The lowest BCUT2D eigenvalue weighted by Gasteiger charge is -2.22. The number of hydrogen-bond donors (Lipinski definition) is 1. The highest BCUT2D eigenvalue weighted by Gasteiger charge is 2.33. The van der Waals surface area contributed by atoms with Crippen LogP contribution in [-0.4, -0.2) is 30.9 Å². The summed E-state index contributed by atoms with van der Waals surface area (Å²) >= 11 is 5.63. The van der Waals surface area contributed by atoms with Gasteiger partial charge in [0.15, 0.2) is 0 Å². The van der Waals surface area contributed by atoms with Gasteiger partial charge in [0.2, 0.25) is 5.91 Å². The molecule has 1 aromatic heterocycles. The number of benzene rings is 2. The number of carbonyl (C=O) groups is 1. The number of rotatable bonds is 7. The Morgan fingerprint density at radius 1 is 1.19 bits per heavy atom. The summed E-state index contributed by atoms with van der Waals surface area (Å²) in [5, 5.41) is 2.79. The lowest BCUT2D eigenvalue weighted by Crippen LogP contribution is -2.16. The van der Waals surface area contributed by atoms with E-state index < -0.39 is 11.7 Å². The van der Waals surface area contributed by atoms with Gasteiger partial charge >= 0.3 is 6.18 Å². The molecule has 0 radical (unpaired) electrons. The van der Waals surface area contributed by atoms with Gasteiger partial charge in [-0.2, -0.15) is 13.2 Å². The number of aromatic nitrogens is 1. The predicted molar refractivity (Wildman–Crippen MR) is 116 cm³/mol. The fourth-order valence-electron chi connectivity index (χ4n) is 3.14. The van der Waals surface area contributed by atoms with Crippen LogP contribution >= 0.6 is 11.6 Å². The maximum absolute atomic E-state index is 13.7. The van der Waals surface area contributed by atoms with Gasteiger partial charge in [-0.25, -0.2) is 4.98 Å². The Morgan fingerprint density at radius 2 is 1.94 bits per heavy atom. The second-order valence-electron chi connectivity index (χ2n) is 6.83. The van der Waals surface area contributed by atoms with Crippen LogP contribution in [0.3, 0.4) is 0 Å². The number of methoxy groups -OCH3 is 1. The highest BCUT2D eigenvalue weighted by Crippen LogP contribution is 2.38. The number of hydrogen-bond acceptors (Lipinski definition) is 4. The van der Waals surface area contributed by atoms with Gasteiger partial charge in [0.25, 0.3) is 0 Å². The number of amides is 1. The molecule has 0 atom stereocenters. The number of para-hydroxylation sites is 1. The molecule has 0 spiro atoms. The van der Waals surface area contributed by atoms with Crippen LogP contribution in [0.25, 0.3) is 10.9 Å². The van der Waals surface area contributed by atoms with Crippen molar-refractivity contribution in [3.8, 4) is 5.75 Å². The Labute approximate surface area is 182 Å². The van der Waals surface area contributed by atoms with Gasteiger partial charge in [0, 0.05) is 30.4 Å². The van der Waals surface area contributed by atoms with Crippen LogP contribution in [-0.2, 0) is 11.0 Å². The van der Waals surface area contributed by atoms with Crippen molar-refractivity contribution in [1.29, 1.82) is 0 Å². The highest BCUT2D eigenvalue weighted by atomic mass is 35.5. The first kappa shape index (κ1) is 22.7. The molecule has 3 aromatic rings. The third kappa shape index (κ3) is 5.19. The summed E-state index contributed by atoms with van der Waals surface area (Å²) in [6, 6.07) is 12.1. The van der Waals surface area contributed by atoms with Gasteiger partial charge in [-0.05, 0) is 36.8 Å². The molecule has 5 nitrogen and oxygen atoms in total. The van der Waals surface area contributed by atoms with Gasteiger partial charge in [-0.15, -0.1) is 11.6 Å². The van der Waals surface area contributed by atoms with Crippen LogP contribution in [0.1, 0.15) is 18.4 Å². The second-order valence-corrected chi connectivity index (χ2v) is 7.21. The molecular formula is C22H21ClF3N3O2. The van der Waals surface area contributed by atoms with Gasteiger partial charge < -0.3 is 15.0 Å². The molecular weight excluding hydrogens is 431 g/mol. The van der Waals surface area contributed by atoms with Crippen LogP contribution in [0, 0.1) is 0 Å². The number of alkyl halides is 4. The summed E-state index contributed by atoms with van der Waals surface area (Å²) in [5.74, 6) is 0.680. The normalized spacial score (nSPS) is 11.4. The van der Waals surface area contributed by atoms with Crippen LogP contribution < -0.4 is 15.0 Å². The van der Waals surface area contributed by atoms with Crippen molar-refractivity contribution in [1.82, 2.24) is 4.98 Å². The molecule has 2 aromatic carbocycles. The van der Waals surface area contributed by atoms with Crippen molar-refractivity contribution in [3.05, 3.63) is 54.1 Å². The fourth-order valence-corrected chi connectivity index (χ4v) is 3.28. The number of halogens is 4. The molecule has 0 fully saturated rings. The Bertz CT molecular complexity index is 1090. The minimum absolute atomic E-state index is 0.0362. The van der Waals surface area contributed by atoms with E-state index in [2.05, 4.69) is 10.3 Å². The molecule has 3 rings (SSSR count). The van der Waals surface area contributed by atoms with E-state index in [4.69, 9.17) is 16.3 Å². The third-order valence-electron chi connectivity index (χ3n) is 4.73. The van der Waals surface area contributed by atoms with Crippen molar-refractivity contribution in [2.24, 2.45) is 0 Å². The largest absolute Gasteiger partial charge is 0.495 e. The van der Waals surface area contributed by atoms with Crippen LogP contribution in [0.5, 0.6) is 5.75 Å². The molecule has 9 heteroatoms. The van der Waals surface area contributed by atoms with E-state index in [0.29, 0.717) is 29.4 Å². The molecule has 0 aliphatic heterocycles. The third-order valence-corrected chi connectivity index (χ3v) is 5.00. The first-order valence-corrected chi connectivity index (χ1v) is 10.0. The first-order chi connectivity index (χ1) is 14.7. The summed E-state index contributed by atoms with van der Waals surface area (Å²) in [5.41, 5.74) is 0.415. The Hall–Kier alpha value is -3.00. The van der Waals surface area contributed by atoms with Crippen LogP contribution in [0.15, 0.2) is 48.5 Å². The number of nitrogens with one attached hydrogen (secondary N) is 1. The minimum Gasteiger partial charge on any atom is -0.495 e. The molecule has 0 bridgehead atoms. The quantitative estimate of drug-likeness (QED) is 0.448. The highest BCUT2D eigenvalue weighted by molar-refractivity contribution is 6.18. The number of pyridine rings is 1. The van der Waals surface area contributed by atoms with E-state index in [1.165, 1.54) is 18.1 Å². The van der Waals surface area contributed by atoms with E-state index in [0.717, 1.165) is 6.07 Å².